The van der Waals surface area contributed by atoms with Gasteiger partial charge in [-0.15, -0.1) is 6.58 Å². The van der Waals surface area contributed by atoms with Crippen LogP contribution in [-0.4, -0.2) is 12.5 Å². The highest BCUT2D eigenvalue weighted by molar-refractivity contribution is 5.94. The first kappa shape index (κ1) is 11.4. The maximum Gasteiger partial charge on any atom is 0.254 e. The zero-order valence-electron chi connectivity index (χ0n) is 8.72. The summed E-state index contributed by atoms with van der Waals surface area (Å²) in [5.74, 6) is -0.866. The van der Waals surface area contributed by atoms with E-state index in [0.717, 1.165) is 5.56 Å². The van der Waals surface area contributed by atoms with E-state index in [2.05, 4.69) is 11.9 Å². The molecule has 1 N–H and O–H groups in total. The molecule has 80 valence electrons. The Bertz CT molecular complexity index is 374. The van der Waals surface area contributed by atoms with Crippen LogP contribution in [0.1, 0.15) is 22.3 Å². The summed E-state index contributed by atoms with van der Waals surface area (Å²) in [7, 11) is 0. The lowest BCUT2D eigenvalue weighted by Gasteiger charge is -2.05. The van der Waals surface area contributed by atoms with Crippen LogP contribution >= 0.6 is 0 Å². The molecule has 0 saturated heterocycles. The summed E-state index contributed by atoms with van der Waals surface area (Å²) >= 11 is 0. The first-order chi connectivity index (χ1) is 7.15. The maximum absolute atomic E-state index is 13.2. The van der Waals surface area contributed by atoms with E-state index in [4.69, 9.17) is 0 Å². The third-order valence-electron chi connectivity index (χ3n) is 2.00. The van der Waals surface area contributed by atoms with E-state index in [-0.39, 0.29) is 11.5 Å². The van der Waals surface area contributed by atoms with Gasteiger partial charge in [-0.3, -0.25) is 4.79 Å². The van der Waals surface area contributed by atoms with E-state index in [1.165, 1.54) is 6.07 Å². The van der Waals surface area contributed by atoms with Crippen molar-refractivity contribution in [3.63, 3.8) is 0 Å². The van der Waals surface area contributed by atoms with Crippen LogP contribution in [0.3, 0.4) is 0 Å². The first-order valence-corrected chi connectivity index (χ1v) is 4.80. The molecule has 0 unspecified atom stereocenters. The van der Waals surface area contributed by atoms with E-state index in [0.29, 0.717) is 13.0 Å². The molecule has 1 rings (SSSR count). The van der Waals surface area contributed by atoms with E-state index in [1.807, 2.05) is 6.92 Å². The molecule has 0 aliphatic rings. The van der Waals surface area contributed by atoms with Crippen molar-refractivity contribution in [1.29, 1.82) is 0 Å². The number of carbonyl (C=O) groups is 1. The molecule has 2 nitrogen and oxygen atoms in total. The van der Waals surface area contributed by atoms with Crippen LogP contribution in [0, 0.1) is 12.7 Å². The predicted molar refractivity (Wildman–Crippen MR) is 58.3 cm³/mol. The van der Waals surface area contributed by atoms with Crippen LogP contribution in [-0.2, 0) is 0 Å². The summed E-state index contributed by atoms with van der Waals surface area (Å²) in [5, 5.41) is 2.62. The number of nitrogens with one attached hydrogen (secondary N) is 1. The molecule has 3 heteroatoms. The lowest BCUT2D eigenvalue weighted by molar-refractivity contribution is 0.0950. The van der Waals surface area contributed by atoms with Crippen LogP contribution < -0.4 is 5.32 Å². The summed E-state index contributed by atoms with van der Waals surface area (Å²) in [6, 6.07) is 4.48. The predicted octanol–water partition coefficient (Wildman–Crippen LogP) is 2.44. The SMILES string of the molecule is C=CCCNC(=O)c1cc(C)ccc1F. The van der Waals surface area contributed by atoms with Crippen molar-refractivity contribution in [2.24, 2.45) is 0 Å². The van der Waals surface area contributed by atoms with Crippen molar-refractivity contribution in [3.8, 4) is 0 Å². The Balaban J connectivity index is 2.72. The second kappa shape index (κ2) is 5.29. The van der Waals surface area contributed by atoms with Crippen LogP contribution in [0.5, 0.6) is 0 Å². The van der Waals surface area contributed by atoms with Crippen molar-refractivity contribution in [2.75, 3.05) is 6.54 Å². The quantitative estimate of drug-likeness (QED) is 0.596. The molecule has 0 heterocycles. The van der Waals surface area contributed by atoms with Crippen LogP contribution in [0.15, 0.2) is 30.9 Å². The summed E-state index contributed by atoms with van der Waals surface area (Å²) < 4.78 is 13.2. The second-order valence-electron chi connectivity index (χ2n) is 3.32. The molecule has 0 saturated carbocycles. The summed E-state index contributed by atoms with van der Waals surface area (Å²) in [4.78, 5) is 11.5. The van der Waals surface area contributed by atoms with Crippen LogP contribution in [0.2, 0.25) is 0 Å². The summed E-state index contributed by atoms with van der Waals surface area (Å²) in [6.45, 7) is 5.84. The number of halogens is 1. The highest BCUT2D eigenvalue weighted by Gasteiger charge is 2.10. The molecule has 0 atom stereocenters. The van der Waals surface area contributed by atoms with Gasteiger partial charge in [-0.1, -0.05) is 17.7 Å². The van der Waals surface area contributed by atoms with Gasteiger partial charge in [0.1, 0.15) is 5.82 Å². The van der Waals surface area contributed by atoms with Gasteiger partial charge in [0.05, 0.1) is 5.56 Å². The Morgan fingerprint density at radius 3 is 3.00 bits per heavy atom. The van der Waals surface area contributed by atoms with Gasteiger partial charge in [-0.2, -0.15) is 0 Å². The number of benzene rings is 1. The number of rotatable bonds is 4. The number of hydrogen-bond acceptors (Lipinski definition) is 1. The molecule has 0 aliphatic carbocycles. The average Bonchev–Trinajstić information content (AvgIpc) is 2.22. The lowest BCUT2D eigenvalue weighted by Crippen LogP contribution is -2.25. The standard InChI is InChI=1S/C12H14FNO/c1-3-4-7-14-12(15)10-8-9(2)5-6-11(10)13/h3,5-6,8H,1,4,7H2,2H3,(H,14,15). The van der Waals surface area contributed by atoms with Crippen molar-refractivity contribution in [3.05, 3.63) is 47.8 Å². The Hall–Kier alpha value is -1.64. The summed E-state index contributed by atoms with van der Waals surface area (Å²) in [5.41, 5.74) is 0.962. The molecule has 0 aromatic heterocycles. The minimum absolute atomic E-state index is 0.0964. The highest BCUT2D eigenvalue weighted by atomic mass is 19.1. The molecule has 0 aliphatic heterocycles. The molecule has 0 bridgehead atoms. The van der Waals surface area contributed by atoms with Crippen molar-refractivity contribution in [2.45, 2.75) is 13.3 Å². The van der Waals surface area contributed by atoms with Crippen molar-refractivity contribution in [1.82, 2.24) is 5.32 Å². The molecule has 15 heavy (non-hydrogen) atoms. The van der Waals surface area contributed by atoms with Gasteiger partial charge in [-0.25, -0.2) is 4.39 Å². The largest absolute Gasteiger partial charge is 0.352 e. The average molecular weight is 207 g/mol. The van der Waals surface area contributed by atoms with Gasteiger partial charge in [-0.05, 0) is 25.5 Å². The van der Waals surface area contributed by atoms with E-state index in [1.54, 1.807) is 18.2 Å². The lowest BCUT2D eigenvalue weighted by atomic mass is 10.1. The minimum atomic E-state index is -0.489. The Morgan fingerprint density at radius 1 is 1.60 bits per heavy atom. The van der Waals surface area contributed by atoms with Gasteiger partial charge in [0, 0.05) is 6.54 Å². The number of amides is 1. The molecule has 1 amide bonds. The molecular formula is C12H14FNO. The Kier molecular flexibility index (Phi) is 4.03. The Morgan fingerprint density at radius 2 is 2.33 bits per heavy atom. The second-order valence-corrected chi connectivity index (χ2v) is 3.32. The molecule has 1 aromatic carbocycles. The van der Waals surface area contributed by atoms with E-state index < -0.39 is 5.82 Å². The number of hydrogen-bond donors (Lipinski definition) is 1. The van der Waals surface area contributed by atoms with Gasteiger partial charge in [0.25, 0.3) is 5.91 Å². The topological polar surface area (TPSA) is 29.1 Å². The fourth-order valence-corrected chi connectivity index (χ4v) is 1.20. The highest BCUT2D eigenvalue weighted by Crippen LogP contribution is 2.09. The van der Waals surface area contributed by atoms with Gasteiger partial charge < -0.3 is 5.32 Å². The third-order valence-corrected chi connectivity index (χ3v) is 2.00. The fourth-order valence-electron chi connectivity index (χ4n) is 1.20. The summed E-state index contributed by atoms with van der Waals surface area (Å²) in [6.07, 6.45) is 2.38. The number of aryl methyl sites for hydroxylation is 1. The molecular weight excluding hydrogens is 193 g/mol. The molecule has 0 spiro atoms. The molecule has 0 fully saturated rings. The Labute approximate surface area is 88.8 Å². The zero-order chi connectivity index (χ0) is 11.3. The van der Waals surface area contributed by atoms with Crippen LogP contribution in [0.25, 0.3) is 0 Å². The number of carbonyl (C=O) groups excluding carboxylic acids is 1. The zero-order valence-corrected chi connectivity index (χ0v) is 8.72. The van der Waals surface area contributed by atoms with Gasteiger partial charge in [0.15, 0.2) is 0 Å². The van der Waals surface area contributed by atoms with E-state index >= 15 is 0 Å². The maximum atomic E-state index is 13.2. The van der Waals surface area contributed by atoms with E-state index in [9.17, 15) is 9.18 Å². The molecule has 0 radical (unpaired) electrons. The monoisotopic (exact) mass is 207 g/mol. The van der Waals surface area contributed by atoms with Crippen LogP contribution in [0.4, 0.5) is 4.39 Å². The first-order valence-electron chi connectivity index (χ1n) is 4.80. The van der Waals surface area contributed by atoms with Crippen molar-refractivity contribution >= 4 is 5.91 Å². The van der Waals surface area contributed by atoms with Gasteiger partial charge in [0.2, 0.25) is 0 Å². The minimum Gasteiger partial charge on any atom is -0.352 e. The smallest absolute Gasteiger partial charge is 0.254 e. The van der Waals surface area contributed by atoms with Gasteiger partial charge >= 0.3 is 0 Å². The molecule has 1 aromatic rings. The third kappa shape index (κ3) is 3.20. The van der Waals surface area contributed by atoms with Crippen molar-refractivity contribution < 1.29 is 9.18 Å². The normalized spacial score (nSPS) is 9.73. The fraction of sp³-hybridized carbons (Fsp3) is 0.250.